The highest BCUT2D eigenvalue weighted by molar-refractivity contribution is 5.88. The molecule has 1 N–H and O–H groups in total. The molecule has 3 nitrogen and oxygen atoms in total. The van der Waals surface area contributed by atoms with Crippen molar-refractivity contribution in [1.82, 2.24) is 5.32 Å². The second-order valence-corrected chi connectivity index (χ2v) is 6.69. The van der Waals surface area contributed by atoms with Gasteiger partial charge in [-0.3, -0.25) is 4.79 Å². The van der Waals surface area contributed by atoms with E-state index in [0.717, 1.165) is 31.4 Å². The fraction of sp³-hybridized carbons (Fsp3) is 0.650. The number of benzene rings is 1. The average Bonchev–Trinajstić information content (AvgIpc) is 2.63. The SMILES string of the molecule is CCCCC(CC)CNC(=O)C1(c2ccccc2)CCOCC1. The molecule has 0 aromatic heterocycles. The maximum absolute atomic E-state index is 13.0. The Kier molecular flexibility index (Phi) is 7.10. The molecule has 1 aromatic rings. The molecule has 1 heterocycles. The third-order valence-corrected chi connectivity index (χ3v) is 5.20. The summed E-state index contributed by atoms with van der Waals surface area (Å²) in [6.07, 6.45) is 6.33. The summed E-state index contributed by atoms with van der Waals surface area (Å²) in [4.78, 5) is 13.0. The predicted octanol–water partition coefficient (Wildman–Crippen LogP) is 4.07. The van der Waals surface area contributed by atoms with Gasteiger partial charge >= 0.3 is 0 Å². The zero-order valence-corrected chi connectivity index (χ0v) is 14.6. The first-order valence-corrected chi connectivity index (χ1v) is 9.14. The molecule has 128 valence electrons. The first kappa shape index (κ1) is 18.0. The van der Waals surface area contributed by atoms with Crippen LogP contribution in [-0.4, -0.2) is 25.7 Å². The Balaban J connectivity index is 2.06. The molecule has 23 heavy (non-hydrogen) atoms. The van der Waals surface area contributed by atoms with E-state index in [-0.39, 0.29) is 5.91 Å². The van der Waals surface area contributed by atoms with Crippen LogP contribution in [0.2, 0.25) is 0 Å². The summed E-state index contributed by atoms with van der Waals surface area (Å²) in [5.74, 6) is 0.772. The smallest absolute Gasteiger partial charge is 0.230 e. The summed E-state index contributed by atoms with van der Waals surface area (Å²) in [6, 6.07) is 10.2. The van der Waals surface area contributed by atoms with E-state index in [1.165, 1.54) is 19.3 Å². The summed E-state index contributed by atoms with van der Waals surface area (Å²) in [5.41, 5.74) is 0.713. The lowest BCUT2D eigenvalue weighted by Crippen LogP contribution is -2.49. The molecule has 1 fully saturated rings. The van der Waals surface area contributed by atoms with E-state index < -0.39 is 5.41 Å². The molecule has 1 atom stereocenters. The average molecular weight is 317 g/mol. The van der Waals surface area contributed by atoms with Crippen LogP contribution in [0.25, 0.3) is 0 Å². The molecular formula is C20H31NO2. The fourth-order valence-electron chi connectivity index (χ4n) is 3.47. The number of unbranched alkanes of at least 4 members (excludes halogenated alkanes) is 1. The van der Waals surface area contributed by atoms with E-state index in [9.17, 15) is 4.79 Å². The molecule has 0 bridgehead atoms. The Bertz CT molecular complexity index is 466. The molecule has 1 aliphatic rings. The van der Waals surface area contributed by atoms with Crippen LogP contribution in [0.1, 0.15) is 57.9 Å². The summed E-state index contributed by atoms with van der Waals surface area (Å²) < 4.78 is 5.52. The van der Waals surface area contributed by atoms with Crippen LogP contribution < -0.4 is 5.32 Å². The topological polar surface area (TPSA) is 38.3 Å². The van der Waals surface area contributed by atoms with E-state index in [1.54, 1.807) is 0 Å². The highest BCUT2D eigenvalue weighted by atomic mass is 16.5. The molecule has 2 rings (SSSR count). The molecular weight excluding hydrogens is 286 g/mol. The Morgan fingerprint density at radius 2 is 1.91 bits per heavy atom. The van der Waals surface area contributed by atoms with Crippen LogP contribution in [0.4, 0.5) is 0 Å². The molecule has 1 unspecified atom stereocenters. The minimum absolute atomic E-state index is 0.182. The first-order chi connectivity index (χ1) is 11.2. The van der Waals surface area contributed by atoms with Gasteiger partial charge in [-0.1, -0.05) is 63.4 Å². The predicted molar refractivity (Wildman–Crippen MR) is 94.5 cm³/mol. The van der Waals surface area contributed by atoms with Crippen LogP contribution in [0, 0.1) is 5.92 Å². The maximum Gasteiger partial charge on any atom is 0.230 e. The molecule has 0 radical (unpaired) electrons. The lowest BCUT2D eigenvalue weighted by Gasteiger charge is -2.36. The van der Waals surface area contributed by atoms with Crippen molar-refractivity contribution in [2.24, 2.45) is 5.92 Å². The number of nitrogens with one attached hydrogen (secondary N) is 1. The summed E-state index contributed by atoms with van der Waals surface area (Å²) >= 11 is 0. The van der Waals surface area contributed by atoms with Crippen LogP contribution in [0.3, 0.4) is 0 Å². The molecule has 1 aliphatic heterocycles. The number of amides is 1. The number of hydrogen-bond donors (Lipinski definition) is 1. The molecule has 1 amide bonds. The van der Waals surface area contributed by atoms with Gasteiger partial charge < -0.3 is 10.1 Å². The van der Waals surface area contributed by atoms with Crippen LogP contribution in [0.5, 0.6) is 0 Å². The molecule has 1 aromatic carbocycles. The largest absolute Gasteiger partial charge is 0.381 e. The fourth-order valence-corrected chi connectivity index (χ4v) is 3.47. The lowest BCUT2D eigenvalue weighted by molar-refractivity contribution is -0.130. The molecule has 1 saturated heterocycles. The maximum atomic E-state index is 13.0. The van der Waals surface area contributed by atoms with E-state index in [0.29, 0.717) is 19.1 Å². The second-order valence-electron chi connectivity index (χ2n) is 6.69. The second kappa shape index (κ2) is 9.07. The summed E-state index contributed by atoms with van der Waals surface area (Å²) in [7, 11) is 0. The van der Waals surface area contributed by atoms with Crippen LogP contribution in [-0.2, 0) is 14.9 Å². The highest BCUT2D eigenvalue weighted by Crippen LogP contribution is 2.35. The van der Waals surface area contributed by atoms with Crippen molar-refractivity contribution in [2.45, 2.75) is 57.8 Å². The van der Waals surface area contributed by atoms with Crippen molar-refractivity contribution in [3.8, 4) is 0 Å². The van der Waals surface area contributed by atoms with Gasteiger partial charge in [0.2, 0.25) is 5.91 Å². The number of ether oxygens (including phenoxy) is 1. The minimum Gasteiger partial charge on any atom is -0.381 e. The highest BCUT2D eigenvalue weighted by Gasteiger charge is 2.41. The van der Waals surface area contributed by atoms with E-state index >= 15 is 0 Å². The Labute approximate surface area is 140 Å². The van der Waals surface area contributed by atoms with Crippen LogP contribution >= 0.6 is 0 Å². The zero-order chi connectivity index (χ0) is 16.5. The van der Waals surface area contributed by atoms with Gasteiger partial charge in [-0.15, -0.1) is 0 Å². The van der Waals surface area contributed by atoms with Crippen molar-refractivity contribution in [2.75, 3.05) is 19.8 Å². The van der Waals surface area contributed by atoms with Crippen molar-refractivity contribution >= 4 is 5.91 Å². The Morgan fingerprint density at radius 1 is 1.22 bits per heavy atom. The number of rotatable bonds is 8. The molecule has 0 saturated carbocycles. The standard InChI is InChI=1S/C20H31NO2/c1-3-5-9-17(4-2)16-21-19(22)20(12-14-23-15-13-20)18-10-7-6-8-11-18/h6-8,10-11,17H,3-5,9,12-16H2,1-2H3,(H,21,22). The van der Waals surface area contributed by atoms with Gasteiger partial charge in [0.15, 0.2) is 0 Å². The van der Waals surface area contributed by atoms with Gasteiger partial charge in [-0.25, -0.2) is 0 Å². The van der Waals surface area contributed by atoms with Gasteiger partial charge in [-0.2, -0.15) is 0 Å². The Hall–Kier alpha value is -1.35. The van der Waals surface area contributed by atoms with Crippen LogP contribution in [0.15, 0.2) is 30.3 Å². The quantitative estimate of drug-likeness (QED) is 0.785. The lowest BCUT2D eigenvalue weighted by atomic mass is 9.73. The number of carbonyl (C=O) groups excluding carboxylic acids is 1. The van der Waals surface area contributed by atoms with E-state index in [1.807, 2.05) is 18.2 Å². The third-order valence-electron chi connectivity index (χ3n) is 5.20. The normalized spacial score (nSPS) is 18.3. The van der Waals surface area contributed by atoms with Crippen molar-refractivity contribution in [3.05, 3.63) is 35.9 Å². The monoisotopic (exact) mass is 317 g/mol. The number of carbonyl (C=O) groups is 1. The van der Waals surface area contributed by atoms with Gasteiger partial charge in [0.05, 0.1) is 5.41 Å². The minimum atomic E-state index is -0.414. The summed E-state index contributed by atoms with van der Waals surface area (Å²) in [5, 5.41) is 3.26. The Morgan fingerprint density at radius 3 is 2.52 bits per heavy atom. The first-order valence-electron chi connectivity index (χ1n) is 9.14. The van der Waals surface area contributed by atoms with Crippen molar-refractivity contribution in [1.29, 1.82) is 0 Å². The van der Waals surface area contributed by atoms with Gasteiger partial charge in [-0.05, 0) is 30.7 Å². The number of hydrogen-bond acceptors (Lipinski definition) is 2. The van der Waals surface area contributed by atoms with Crippen molar-refractivity contribution < 1.29 is 9.53 Å². The van der Waals surface area contributed by atoms with E-state index in [2.05, 4.69) is 31.3 Å². The van der Waals surface area contributed by atoms with Crippen molar-refractivity contribution in [3.63, 3.8) is 0 Å². The van der Waals surface area contributed by atoms with Gasteiger partial charge in [0, 0.05) is 19.8 Å². The van der Waals surface area contributed by atoms with Gasteiger partial charge in [0.25, 0.3) is 0 Å². The van der Waals surface area contributed by atoms with Gasteiger partial charge in [0.1, 0.15) is 0 Å². The zero-order valence-electron chi connectivity index (χ0n) is 14.6. The molecule has 3 heteroatoms. The van der Waals surface area contributed by atoms with E-state index in [4.69, 9.17) is 4.74 Å². The molecule has 0 aliphatic carbocycles. The summed E-state index contributed by atoms with van der Waals surface area (Å²) in [6.45, 7) is 6.56. The molecule has 0 spiro atoms. The third kappa shape index (κ3) is 4.57.